The minimum Gasteiger partial charge on any atom is -0.459 e. The highest BCUT2D eigenvalue weighted by Crippen LogP contribution is 2.62. The number of carbonyl (C=O) groups excluding carboxylic acids is 3. The predicted octanol–water partition coefficient (Wildman–Crippen LogP) is 0.489. The zero-order valence-corrected chi connectivity index (χ0v) is 20.9. The van der Waals surface area contributed by atoms with Crippen molar-refractivity contribution in [3.8, 4) is 0 Å². The molecule has 35 heavy (non-hydrogen) atoms. The summed E-state index contributed by atoms with van der Waals surface area (Å²) in [6, 6.07) is 0. The monoisotopic (exact) mass is 514 g/mol. The Bertz CT molecular complexity index is 983. The van der Waals surface area contributed by atoms with Crippen LogP contribution >= 0.6 is 11.6 Å². The third kappa shape index (κ3) is 3.48. The second-order valence-corrected chi connectivity index (χ2v) is 11.0. The number of rotatable bonds is 3. The first-order chi connectivity index (χ1) is 16.4. The SMILES string of the molecule is CC(=O)OC1C(C)C2C(OC(C)=O)C3(O)C(C=C(CCl)C4OC4C(O)C2(C)C2OC12)OC(=O)C3C. The molecule has 5 aliphatic rings. The number of hydrogen-bond donors (Lipinski definition) is 2. The molecule has 0 radical (unpaired) electrons. The second kappa shape index (κ2) is 8.14. The molecule has 10 nitrogen and oxygen atoms in total. The van der Waals surface area contributed by atoms with E-state index in [1.54, 1.807) is 19.9 Å². The third-order valence-electron chi connectivity index (χ3n) is 8.75. The summed E-state index contributed by atoms with van der Waals surface area (Å²) in [6.45, 7) is 7.61. The first-order valence-corrected chi connectivity index (χ1v) is 12.4. The molecule has 2 N–H and O–H groups in total. The molecule has 194 valence electrons. The van der Waals surface area contributed by atoms with E-state index in [1.807, 2.05) is 0 Å². The fourth-order valence-electron chi connectivity index (χ4n) is 6.86. The summed E-state index contributed by atoms with van der Waals surface area (Å²) in [5, 5.41) is 23.9. The molecule has 0 aromatic heterocycles. The topological polar surface area (TPSA) is 144 Å². The Kier molecular flexibility index (Phi) is 5.80. The van der Waals surface area contributed by atoms with Gasteiger partial charge < -0.3 is 33.9 Å². The summed E-state index contributed by atoms with van der Waals surface area (Å²) in [5.41, 5.74) is -2.54. The lowest BCUT2D eigenvalue weighted by Crippen LogP contribution is -2.67. The van der Waals surface area contributed by atoms with E-state index in [2.05, 4.69) is 0 Å². The van der Waals surface area contributed by atoms with Crippen LogP contribution in [0.4, 0.5) is 0 Å². The van der Waals surface area contributed by atoms with Gasteiger partial charge in [-0.3, -0.25) is 14.4 Å². The number of fused-ring (bicyclic) bond motifs is 5. The van der Waals surface area contributed by atoms with E-state index in [9.17, 15) is 24.6 Å². The van der Waals surface area contributed by atoms with Gasteiger partial charge in [-0.2, -0.15) is 0 Å². The minimum absolute atomic E-state index is 0.0260. The van der Waals surface area contributed by atoms with Crippen molar-refractivity contribution in [2.45, 2.75) is 89.1 Å². The Morgan fingerprint density at radius 2 is 1.80 bits per heavy atom. The van der Waals surface area contributed by atoms with Crippen molar-refractivity contribution in [3.05, 3.63) is 11.6 Å². The molecule has 13 unspecified atom stereocenters. The molecule has 5 rings (SSSR count). The van der Waals surface area contributed by atoms with Gasteiger partial charge in [0.1, 0.15) is 30.5 Å². The van der Waals surface area contributed by atoms with Gasteiger partial charge in [0.15, 0.2) is 11.7 Å². The van der Waals surface area contributed by atoms with Gasteiger partial charge in [0.25, 0.3) is 0 Å². The lowest BCUT2D eigenvalue weighted by atomic mass is 9.53. The number of aliphatic hydroxyl groups is 2. The summed E-state index contributed by atoms with van der Waals surface area (Å²) in [5.74, 6) is -4.22. The molecule has 3 aliphatic heterocycles. The number of epoxide rings is 2. The lowest BCUT2D eigenvalue weighted by molar-refractivity contribution is -0.219. The molecule has 3 heterocycles. The Morgan fingerprint density at radius 1 is 1.14 bits per heavy atom. The molecule has 0 bridgehead atoms. The molecule has 0 aromatic carbocycles. The maximum atomic E-state index is 12.8. The summed E-state index contributed by atoms with van der Waals surface area (Å²) < 4.78 is 28.8. The molecular weight excluding hydrogens is 484 g/mol. The fourth-order valence-corrected chi connectivity index (χ4v) is 7.10. The van der Waals surface area contributed by atoms with Crippen molar-refractivity contribution in [2.24, 2.45) is 23.2 Å². The number of carbonyl (C=O) groups is 3. The largest absolute Gasteiger partial charge is 0.459 e. The molecule has 4 fully saturated rings. The van der Waals surface area contributed by atoms with Crippen molar-refractivity contribution < 1.29 is 48.3 Å². The summed E-state index contributed by atoms with van der Waals surface area (Å²) in [6.07, 6.45) is -4.93. The van der Waals surface area contributed by atoms with E-state index < -0.39 is 95.5 Å². The average molecular weight is 515 g/mol. The zero-order valence-electron chi connectivity index (χ0n) is 20.2. The van der Waals surface area contributed by atoms with Gasteiger partial charge in [-0.1, -0.05) is 13.8 Å². The van der Waals surface area contributed by atoms with Crippen molar-refractivity contribution >= 4 is 29.5 Å². The van der Waals surface area contributed by atoms with Crippen LogP contribution in [0.5, 0.6) is 0 Å². The predicted molar refractivity (Wildman–Crippen MR) is 118 cm³/mol. The number of hydrogen-bond acceptors (Lipinski definition) is 10. The highest BCUT2D eigenvalue weighted by molar-refractivity contribution is 6.19. The van der Waals surface area contributed by atoms with Crippen LogP contribution in [0.25, 0.3) is 0 Å². The van der Waals surface area contributed by atoms with Crippen LogP contribution in [0, 0.1) is 23.2 Å². The number of esters is 3. The minimum atomic E-state index is -2.00. The van der Waals surface area contributed by atoms with Crippen LogP contribution in [0.1, 0.15) is 34.6 Å². The molecule has 1 saturated carbocycles. The van der Waals surface area contributed by atoms with Gasteiger partial charge in [-0.15, -0.1) is 11.6 Å². The normalized spacial score (nSPS) is 51.9. The van der Waals surface area contributed by atoms with E-state index in [0.29, 0.717) is 5.57 Å². The van der Waals surface area contributed by atoms with Crippen molar-refractivity contribution in [2.75, 3.05) is 5.88 Å². The quantitative estimate of drug-likeness (QED) is 0.179. The van der Waals surface area contributed by atoms with E-state index in [-0.39, 0.29) is 5.88 Å². The highest BCUT2D eigenvalue weighted by atomic mass is 35.5. The van der Waals surface area contributed by atoms with Gasteiger partial charge in [0.05, 0.1) is 18.1 Å². The maximum Gasteiger partial charge on any atom is 0.312 e. The molecule has 3 saturated heterocycles. The van der Waals surface area contributed by atoms with Crippen molar-refractivity contribution in [1.82, 2.24) is 0 Å². The van der Waals surface area contributed by atoms with Crippen LogP contribution < -0.4 is 0 Å². The summed E-state index contributed by atoms with van der Waals surface area (Å²) in [7, 11) is 0. The van der Waals surface area contributed by atoms with Crippen LogP contribution in [0.3, 0.4) is 0 Å². The van der Waals surface area contributed by atoms with Crippen LogP contribution in [-0.2, 0) is 38.1 Å². The first kappa shape index (κ1) is 25.0. The molecule has 0 aromatic rings. The maximum absolute atomic E-state index is 12.8. The van der Waals surface area contributed by atoms with Crippen LogP contribution in [0.2, 0.25) is 0 Å². The van der Waals surface area contributed by atoms with Gasteiger partial charge in [-0.05, 0) is 18.6 Å². The third-order valence-corrected chi connectivity index (χ3v) is 9.06. The number of ether oxygens (including phenoxy) is 5. The Balaban J connectivity index is 1.72. The molecule has 0 spiro atoms. The summed E-state index contributed by atoms with van der Waals surface area (Å²) >= 11 is 6.19. The van der Waals surface area contributed by atoms with Gasteiger partial charge in [0.2, 0.25) is 0 Å². The summed E-state index contributed by atoms with van der Waals surface area (Å²) in [4.78, 5) is 37.1. The van der Waals surface area contributed by atoms with Gasteiger partial charge in [-0.25, -0.2) is 0 Å². The molecule has 2 aliphatic carbocycles. The fraction of sp³-hybridized carbons (Fsp3) is 0.792. The number of halogens is 1. The molecule has 11 heteroatoms. The molecular formula is C24H31ClO10. The Labute approximate surface area is 207 Å². The molecule has 0 amide bonds. The van der Waals surface area contributed by atoms with E-state index >= 15 is 0 Å². The zero-order chi connectivity index (χ0) is 25.6. The van der Waals surface area contributed by atoms with E-state index in [0.717, 1.165) is 0 Å². The first-order valence-electron chi connectivity index (χ1n) is 11.9. The number of alkyl halides is 1. The smallest absolute Gasteiger partial charge is 0.312 e. The average Bonchev–Trinajstić information content (AvgIpc) is 3.69. The Morgan fingerprint density at radius 3 is 2.40 bits per heavy atom. The second-order valence-electron chi connectivity index (χ2n) is 10.7. The van der Waals surface area contributed by atoms with Crippen molar-refractivity contribution in [3.63, 3.8) is 0 Å². The van der Waals surface area contributed by atoms with E-state index in [4.69, 9.17) is 35.3 Å². The van der Waals surface area contributed by atoms with Crippen LogP contribution in [0.15, 0.2) is 11.6 Å². The van der Waals surface area contributed by atoms with E-state index in [1.165, 1.54) is 20.8 Å². The lowest BCUT2D eigenvalue weighted by Gasteiger charge is -2.53. The standard InChI is InChI=1S/C24H31ClO10/c1-8-14-20(32-11(4)27)24(30)9(2)22(29)33-13(24)6-12(7-25)16-17(34-16)19(28)23(14,5)21-18(35-21)15(8)31-10(3)26/h6,8-9,13-21,28,30H,7H2,1-5H3. The Hall–Kier alpha value is -1.72. The number of aliphatic hydroxyl groups excluding tert-OH is 1. The van der Waals surface area contributed by atoms with Crippen LogP contribution in [-0.4, -0.2) is 88.4 Å². The molecule has 13 atom stereocenters. The van der Waals surface area contributed by atoms with Gasteiger partial charge in [0, 0.05) is 37.0 Å². The van der Waals surface area contributed by atoms with Crippen molar-refractivity contribution in [1.29, 1.82) is 0 Å². The van der Waals surface area contributed by atoms with Gasteiger partial charge >= 0.3 is 17.9 Å². The highest BCUT2D eigenvalue weighted by Gasteiger charge is 2.76.